The van der Waals surface area contributed by atoms with Crippen LogP contribution in [0.3, 0.4) is 0 Å². The van der Waals surface area contributed by atoms with Crippen LogP contribution in [0.25, 0.3) is 11.4 Å². The van der Waals surface area contributed by atoms with E-state index in [2.05, 4.69) is 16.8 Å². The summed E-state index contributed by atoms with van der Waals surface area (Å²) in [4.78, 5) is 14.2. The van der Waals surface area contributed by atoms with Crippen molar-refractivity contribution < 1.29 is 9.53 Å². The second-order valence-corrected chi connectivity index (χ2v) is 6.72. The quantitative estimate of drug-likeness (QED) is 0.563. The van der Waals surface area contributed by atoms with Crippen molar-refractivity contribution in [2.75, 3.05) is 26.0 Å². The van der Waals surface area contributed by atoms with Crippen molar-refractivity contribution in [3.63, 3.8) is 0 Å². The number of carbonyl (C=O) groups is 1. The lowest BCUT2D eigenvalue weighted by atomic mass is 10.2. The zero-order valence-corrected chi connectivity index (χ0v) is 15.2. The van der Waals surface area contributed by atoms with Gasteiger partial charge in [0.15, 0.2) is 11.0 Å². The zero-order chi connectivity index (χ0) is 17.6. The van der Waals surface area contributed by atoms with Crippen molar-refractivity contribution >= 4 is 17.7 Å². The smallest absolute Gasteiger partial charge is 0.233 e. The fourth-order valence-electron chi connectivity index (χ4n) is 2.90. The van der Waals surface area contributed by atoms with Crippen LogP contribution in [0.5, 0.6) is 5.75 Å². The van der Waals surface area contributed by atoms with E-state index in [0.29, 0.717) is 23.3 Å². The van der Waals surface area contributed by atoms with Gasteiger partial charge in [0.2, 0.25) is 5.91 Å². The molecule has 1 saturated heterocycles. The minimum atomic E-state index is 0.162. The molecule has 132 valence electrons. The lowest BCUT2D eigenvalue weighted by molar-refractivity contribution is -0.127. The number of carbonyl (C=O) groups excluding carboxylic acids is 1. The number of rotatable bonds is 7. The molecule has 1 aromatic carbocycles. The largest absolute Gasteiger partial charge is 0.496 e. The molecular formula is C18H22N4O2S. The Kier molecular flexibility index (Phi) is 5.75. The summed E-state index contributed by atoms with van der Waals surface area (Å²) in [6, 6.07) is 7.70. The molecule has 1 aliphatic rings. The van der Waals surface area contributed by atoms with Gasteiger partial charge in [0.05, 0.1) is 18.4 Å². The number of aromatic nitrogens is 3. The van der Waals surface area contributed by atoms with Gasteiger partial charge in [-0.25, -0.2) is 0 Å². The summed E-state index contributed by atoms with van der Waals surface area (Å²) >= 11 is 1.42. The second kappa shape index (κ2) is 8.20. The third kappa shape index (κ3) is 3.87. The molecule has 25 heavy (non-hydrogen) atoms. The Hall–Kier alpha value is -2.28. The van der Waals surface area contributed by atoms with Crippen LogP contribution < -0.4 is 4.74 Å². The van der Waals surface area contributed by atoms with Crippen LogP contribution in [0, 0.1) is 0 Å². The fraction of sp³-hybridized carbons (Fsp3) is 0.389. The molecule has 2 aromatic rings. The monoisotopic (exact) mass is 358 g/mol. The highest BCUT2D eigenvalue weighted by Gasteiger charge is 2.21. The molecule has 0 atom stereocenters. The molecule has 3 rings (SSSR count). The van der Waals surface area contributed by atoms with E-state index in [9.17, 15) is 4.79 Å². The molecule has 0 unspecified atom stereocenters. The number of nitrogens with zero attached hydrogens (tertiary/aromatic N) is 4. The van der Waals surface area contributed by atoms with Crippen molar-refractivity contribution in [3.05, 3.63) is 36.9 Å². The van der Waals surface area contributed by atoms with Gasteiger partial charge in [-0.05, 0) is 25.0 Å². The number of likely N-dealkylation sites (tertiary alicyclic amines) is 1. The van der Waals surface area contributed by atoms with Crippen molar-refractivity contribution in [2.24, 2.45) is 0 Å². The molecule has 0 saturated carbocycles. The average Bonchev–Trinajstić information content (AvgIpc) is 3.30. The Bertz CT molecular complexity index is 753. The Morgan fingerprint density at radius 2 is 2.08 bits per heavy atom. The van der Waals surface area contributed by atoms with Crippen LogP contribution in [-0.4, -0.2) is 51.5 Å². The van der Waals surface area contributed by atoms with E-state index in [1.165, 1.54) is 11.8 Å². The predicted molar refractivity (Wildman–Crippen MR) is 98.7 cm³/mol. The van der Waals surface area contributed by atoms with E-state index in [4.69, 9.17) is 4.74 Å². The standard InChI is InChI=1S/C18H22N4O2S/c1-3-10-22-17(14-8-4-5-9-15(14)24-2)19-20-18(22)25-13-16(23)21-11-6-7-12-21/h3-5,8-9H,1,6-7,10-13H2,2H3. The molecule has 6 nitrogen and oxygen atoms in total. The number of thioether (sulfide) groups is 1. The van der Waals surface area contributed by atoms with Gasteiger partial charge >= 0.3 is 0 Å². The molecule has 1 aliphatic heterocycles. The first kappa shape index (κ1) is 17.5. The number of allylic oxidation sites excluding steroid dienone is 1. The van der Waals surface area contributed by atoms with Crippen LogP contribution in [0.15, 0.2) is 42.1 Å². The maximum absolute atomic E-state index is 12.3. The van der Waals surface area contributed by atoms with Crippen LogP contribution >= 0.6 is 11.8 Å². The summed E-state index contributed by atoms with van der Waals surface area (Å²) in [6.45, 7) is 6.12. The van der Waals surface area contributed by atoms with Gasteiger partial charge in [0.25, 0.3) is 0 Å². The molecule has 7 heteroatoms. The first-order chi connectivity index (χ1) is 12.2. The lowest BCUT2D eigenvalue weighted by Crippen LogP contribution is -2.29. The summed E-state index contributed by atoms with van der Waals surface area (Å²) in [5.41, 5.74) is 0.872. The minimum absolute atomic E-state index is 0.162. The second-order valence-electron chi connectivity index (χ2n) is 5.78. The Morgan fingerprint density at radius 1 is 1.32 bits per heavy atom. The SMILES string of the molecule is C=CCn1c(SCC(=O)N2CCCC2)nnc1-c1ccccc1OC. The summed E-state index contributed by atoms with van der Waals surface area (Å²) in [7, 11) is 1.64. The van der Waals surface area contributed by atoms with Crippen molar-refractivity contribution in [2.45, 2.75) is 24.5 Å². The Labute approximate surface area is 151 Å². The van der Waals surface area contributed by atoms with Gasteiger partial charge in [0.1, 0.15) is 5.75 Å². The van der Waals surface area contributed by atoms with Gasteiger partial charge in [-0.1, -0.05) is 30.0 Å². The lowest BCUT2D eigenvalue weighted by Gasteiger charge is -2.15. The van der Waals surface area contributed by atoms with Gasteiger partial charge in [-0.15, -0.1) is 16.8 Å². The van der Waals surface area contributed by atoms with Crippen molar-refractivity contribution in [3.8, 4) is 17.1 Å². The van der Waals surface area contributed by atoms with Gasteiger partial charge < -0.3 is 9.64 Å². The minimum Gasteiger partial charge on any atom is -0.496 e. The molecule has 0 spiro atoms. The molecule has 1 fully saturated rings. The third-order valence-electron chi connectivity index (χ3n) is 4.16. The van der Waals surface area contributed by atoms with Crippen LogP contribution in [0.2, 0.25) is 0 Å². The zero-order valence-electron chi connectivity index (χ0n) is 14.4. The maximum Gasteiger partial charge on any atom is 0.233 e. The molecule has 1 aromatic heterocycles. The highest BCUT2D eigenvalue weighted by molar-refractivity contribution is 7.99. The van der Waals surface area contributed by atoms with E-state index in [0.717, 1.165) is 37.2 Å². The summed E-state index contributed by atoms with van der Waals surface area (Å²) in [6.07, 6.45) is 4.00. The summed E-state index contributed by atoms with van der Waals surface area (Å²) in [5, 5.41) is 9.33. The molecule has 0 N–H and O–H groups in total. The molecule has 0 radical (unpaired) electrons. The van der Waals surface area contributed by atoms with Gasteiger partial charge in [-0.3, -0.25) is 9.36 Å². The Morgan fingerprint density at radius 3 is 2.80 bits per heavy atom. The highest BCUT2D eigenvalue weighted by Crippen LogP contribution is 2.31. The van der Waals surface area contributed by atoms with Gasteiger partial charge in [0, 0.05) is 19.6 Å². The fourth-order valence-corrected chi connectivity index (χ4v) is 3.75. The van der Waals surface area contributed by atoms with E-state index in [1.807, 2.05) is 33.7 Å². The number of amides is 1. The summed E-state index contributed by atoms with van der Waals surface area (Å²) in [5.74, 6) is 1.99. The number of methoxy groups -OCH3 is 1. The normalized spacial score (nSPS) is 13.9. The topological polar surface area (TPSA) is 60.2 Å². The predicted octanol–water partition coefficient (Wildman–Crippen LogP) is 2.85. The Balaban J connectivity index is 1.82. The van der Waals surface area contributed by atoms with E-state index in [1.54, 1.807) is 13.2 Å². The molecule has 0 aliphatic carbocycles. The summed E-state index contributed by atoms with van der Waals surface area (Å²) < 4.78 is 7.40. The van der Waals surface area contributed by atoms with Crippen molar-refractivity contribution in [1.82, 2.24) is 19.7 Å². The van der Waals surface area contributed by atoms with Gasteiger partial charge in [-0.2, -0.15) is 0 Å². The maximum atomic E-state index is 12.3. The van der Waals surface area contributed by atoms with Crippen LogP contribution in [0.1, 0.15) is 12.8 Å². The van der Waals surface area contributed by atoms with E-state index < -0.39 is 0 Å². The van der Waals surface area contributed by atoms with Crippen molar-refractivity contribution in [1.29, 1.82) is 0 Å². The molecular weight excluding hydrogens is 336 g/mol. The first-order valence-corrected chi connectivity index (χ1v) is 9.31. The number of ether oxygens (including phenoxy) is 1. The van der Waals surface area contributed by atoms with E-state index in [-0.39, 0.29) is 5.91 Å². The molecule has 2 heterocycles. The molecule has 1 amide bonds. The number of hydrogen-bond acceptors (Lipinski definition) is 5. The average molecular weight is 358 g/mol. The highest BCUT2D eigenvalue weighted by atomic mass is 32.2. The van der Waals surface area contributed by atoms with Crippen LogP contribution in [-0.2, 0) is 11.3 Å². The number of benzene rings is 1. The first-order valence-electron chi connectivity index (χ1n) is 8.32. The molecule has 0 bridgehead atoms. The number of hydrogen-bond donors (Lipinski definition) is 0. The third-order valence-corrected chi connectivity index (χ3v) is 5.11. The van der Waals surface area contributed by atoms with Crippen LogP contribution in [0.4, 0.5) is 0 Å². The van der Waals surface area contributed by atoms with E-state index >= 15 is 0 Å². The number of para-hydroxylation sites is 1.